The number of rotatable bonds is 5. The summed E-state index contributed by atoms with van der Waals surface area (Å²) in [7, 11) is -3.67. The molecule has 0 unspecified atom stereocenters. The van der Waals surface area contributed by atoms with Crippen LogP contribution in [0, 0.1) is 5.82 Å². The van der Waals surface area contributed by atoms with E-state index in [4.69, 9.17) is 16.0 Å². The standard InChI is InChI=1S/C18H16ClFN4O5S2/c19-14-5-6-16(30-14)31(27,28)23-9-7-22(8-10-23)15(25)11-24-18(26)29-17(21-24)12-1-3-13(20)4-2-12/h1-6H,7-11H2. The molecule has 164 valence electrons. The summed E-state index contributed by atoms with van der Waals surface area (Å²) in [5, 5.41) is 3.99. The fourth-order valence-electron chi connectivity index (χ4n) is 3.08. The number of nitrogens with zero attached hydrogens (tertiary/aromatic N) is 4. The minimum atomic E-state index is -3.67. The van der Waals surface area contributed by atoms with Crippen LogP contribution in [0.5, 0.6) is 0 Å². The van der Waals surface area contributed by atoms with Crippen LogP contribution < -0.4 is 5.76 Å². The molecule has 0 spiro atoms. The van der Waals surface area contributed by atoms with Gasteiger partial charge < -0.3 is 9.32 Å². The van der Waals surface area contributed by atoms with Crippen LogP contribution in [0.2, 0.25) is 4.34 Å². The number of aromatic nitrogens is 2. The predicted octanol–water partition coefficient (Wildman–Crippen LogP) is 1.89. The topological polar surface area (TPSA) is 106 Å². The molecule has 1 fully saturated rings. The van der Waals surface area contributed by atoms with E-state index in [1.807, 2.05) is 0 Å². The summed E-state index contributed by atoms with van der Waals surface area (Å²) in [6, 6.07) is 8.21. The number of benzene rings is 1. The first-order valence-electron chi connectivity index (χ1n) is 9.11. The van der Waals surface area contributed by atoms with Crippen LogP contribution in [0.25, 0.3) is 11.5 Å². The molecule has 2 aromatic heterocycles. The van der Waals surface area contributed by atoms with Gasteiger partial charge in [0.15, 0.2) is 0 Å². The van der Waals surface area contributed by atoms with E-state index >= 15 is 0 Å². The van der Waals surface area contributed by atoms with Crippen molar-refractivity contribution in [1.29, 1.82) is 0 Å². The van der Waals surface area contributed by atoms with Crippen molar-refractivity contribution in [2.75, 3.05) is 26.2 Å². The lowest BCUT2D eigenvalue weighted by Gasteiger charge is -2.33. The first kappa shape index (κ1) is 21.7. The summed E-state index contributed by atoms with van der Waals surface area (Å²) in [5.41, 5.74) is 0.400. The van der Waals surface area contributed by atoms with Crippen LogP contribution in [0.1, 0.15) is 0 Å². The lowest BCUT2D eigenvalue weighted by atomic mass is 10.2. The lowest BCUT2D eigenvalue weighted by molar-refractivity contribution is -0.133. The van der Waals surface area contributed by atoms with Crippen molar-refractivity contribution < 1.29 is 22.0 Å². The molecule has 0 atom stereocenters. The van der Waals surface area contributed by atoms with Gasteiger partial charge in [0.1, 0.15) is 16.6 Å². The Hall–Kier alpha value is -2.54. The molecule has 0 radical (unpaired) electrons. The predicted molar refractivity (Wildman–Crippen MR) is 111 cm³/mol. The Bertz CT molecular complexity index is 1260. The number of hydrogen-bond donors (Lipinski definition) is 0. The molecule has 4 rings (SSSR count). The van der Waals surface area contributed by atoms with E-state index in [1.165, 1.54) is 45.6 Å². The van der Waals surface area contributed by atoms with Crippen LogP contribution in [0.3, 0.4) is 0 Å². The molecule has 1 aromatic carbocycles. The molecule has 1 aliphatic rings. The van der Waals surface area contributed by atoms with E-state index < -0.39 is 27.5 Å². The Morgan fingerprint density at radius 2 is 1.81 bits per heavy atom. The van der Waals surface area contributed by atoms with Crippen molar-refractivity contribution in [2.24, 2.45) is 0 Å². The van der Waals surface area contributed by atoms with Crippen LogP contribution >= 0.6 is 22.9 Å². The number of hydrogen-bond acceptors (Lipinski definition) is 7. The Morgan fingerprint density at radius 1 is 1.13 bits per heavy atom. The quantitative estimate of drug-likeness (QED) is 0.545. The van der Waals surface area contributed by atoms with Crippen molar-refractivity contribution in [3.05, 3.63) is 57.1 Å². The van der Waals surface area contributed by atoms with Gasteiger partial charge >= 0.3 is 5.76 Å². The second-order valence-electron chi connectivity index (χ2n) is 6.68. The van der Waals surface area contributed by atoms with E-state index in [-0.39, 0.29) is 42.8 Å². The van der Waals surface area contributed by atoms with Gasteiger partial charge in [-0.15, -0.1) is 16.4 Å². The first-order chi connectivity index (χ1) is 14.7. The number of amides is 1. The van der Waals surface area contributed by atoms with E-state index in [1.54, 1.807) is 0 Å². The summed E-state index contributed by atoms with van der Waals surface area (Å²) < 4.78 is 46.1. The van der Waals surface area contributed by atoms with Gasteiger partial charge in [0, 0.05) is 31.7 Å². The number of sulfonamides is 1. The number of carbonyl (C=O) groups excluding carboxylic acids is 1. The minimum Gasteiger partial charge on any atom is -0.388 e. The van der Waals surface area contributed by atoms with Gasteiger partial charge in [-0.3, -0.25) is 4.79 Å². The zero-order chi connectivity index (χ0) is 22.2. The fourth-order valence-corrected chi connectivity index (χ4v) is 6.14. The maximum atomic E-state index is 13.0. The summed E-state index contributed by atoms with van der Waals surface area (Å²) in [4.78, 5) is 26.1. The molecule has 0 bridgehead atoms. The zero-order valence-electron chi connectivity index (χ0n) is 15.9. The molecular formula is C18H16ClFN4O5S2. The van der Waals surface area contributed by atoms with E-state index in [0.29, 0.717) is 9.90 Å². The summed E-state index contributed by atoms with van der Waals surface area (Å²) >= 11 is 6.81. The van der Waals surface area contributed by atoms with Crippen molar-refractivity contribution in [2.45, 2.75) is 10.8 Å². The molecule has 31 heavy (non-hydrogen) atoms. The van der Waals surface area contributed by atoms with Gasteiger partial charge in [0.25, 0.3) is 10.0 Å². The van der Waals surface area contributed by atoms with E-state index in [2.05, 4.69) is 5.10 Å². The second kappa shape index (κ2) is 8.54. The average molecular weight is 487 g/mol. The third kappa shape index (κ3) is 4.56. The first-order valence-corrected chi connectivity index (χ1v) is 11.7. The fraction of sp³-hybridized carbons (Fsp3) is 0.278. The molecule has 1 amide bonds. The molecule has 13 heteroatoms. The molecule has 1 aliphatic heterocycles. The number of halogens is 2. The molecule has 3 heterocycles. The maximum Gasteiger partial charge on any atom is 0.437 e. The minimum absolute atomic E-state index is 0.0247. The second-order valence-corrected chi connectivity index (χ2v) is 10.6. The summed E-state index contributed by atoms with van der Waals surface area (Å²) in [5.74, 6) is -1.67. The highest BCUT2D eigenvalue weighted by atomic mass is 35.5. The Morgan fingerprint density at radius 3 is 2.42 bits per heavy atom. The van der Waals surface area contributed by atoms with Gasteiger partial charge in [0.05, 0.1) is 4.34 Å². The molecular weight excluding hydrogens is 471 g/mol. The SMILES string of the molecule is O=C(Cn1nc(-c2ccc(F)cc2)oc1=O)N1CCN(S(=O)(=O)c2ccc(Cl)s2)CC1. The molecule has 0 N–H and O–H groups in total. The highest BCUT2D eigenvalue weighted by molar-refractivity contribution is 7.91. The monoisotopic (exact) mass is 486 g/mol. The Kier molecular flexibility index (Phi) is 5.97. The smallest absolute Gasteiger partial charge is 0.388 e. The van der Waals surface area contributed by atoms with E-state index in [0.717, 1.165) is 16.0 Å². The van der Waals surface area contributed by atoms with Crippen LogP contribution in [0.4, 0.5) is 4.39 Å². The van der Waals surface area contributed by atoms with Crippen molar-refractivity contribution >= 4 is 38.9 Å². The van der Waals surface area contributed by atoms with Crippen molar-refractivity contribution in [3.8, 4) is 11.5 Å². The molecule has 9 nitrogen and oxygen atoms in total. The molecule has 0 saturated carbocycles. The third-order valence-electron chi connectivity index (χ3n) is 4.72. The average Bonchev–Trinajstić information content (AvgIpc) is 3.35. The van der Waals surface area contributed by atoms with Crippen LogP contribution in [0.15, 0.2) is 49.8 Å². The Balaban J connectivity index is 1.40. The van der Waals surface area contributed by atoms with Gasteiger partial charge in [-0.25, -0.2) is 17.6 Å². The molecule has 1 saturated heterocycles. The highest BCUT2D eigenvalue weighted by Crippen LogP contribution is 2.28. The number of piperazine rings is 1. The zero-order valence-corrected chi connectivity index (χ0v) is 18.3. The Labute approximate surface area is 185 Å². The van der Waals surface area contributed by atoms with Gasteiger partial charge in [-0.2, -0.15) is 8.99 Å². The highest BCUT2D eigenvalue weighted by Gasteiger charge is 2.31. The number of carbonyl (C=O) groups is 1. The van der Waals surface area contributed by atoms with E-state index in [9.17, 15) is 22.4 Å². The summed E-state index contributed by atoms with van der Waals surface area (Å²) in [6.45, 7) is 0.246. The van der Waals surface area contributed by atoms with Crippen molar-refractivity contribution in [3.63, 3.8) is 0 Å². The van der Waals surface area contributed by atoms with Crippen LogP contribution in [-0.2, 0) is 21.4 Å². The normalized spacial score (nSPS) is 15.4. The maximum absolute atomic E-state index is 13.0. The van der Waals surface area contributed by atoms with Crippen molar-refractivity contribution in [1.82, 2.24) is 19.0 Å². The van der Waals surface area contributed by atoms with Gasteiger partial charge in [-0.1, -0.05) is 11.6 Å². The van der Waals surface area contributed by atoms with Gasteiger partial charge in [0.2, 0.25) is 11.8 Å². The largest absolute Gasteiger partial charge is 0.437 e. The lowest BCUT2D eigenvalue weighted by Crippen LogP contribution is -2.51. The molecule has 3 aromatic rings. The summed E-state index contributed by atoms with van der Waals surface area (Å²) in [6.07, 6.45) is 0. The number of thiophene rings is 1. The van der Waals surface area contributed by atoms with Gasteiger partial charge in [-0.05, 0) is 36.4 Å². The third-order valence-corrected chi connectivity index (χ3v) is 8.31. The van der Waals surface area contributed by atoms with Crippen LogP contribution in [-0.4, -0.2) is 59.5 Å². The molecule has 0 aliphatic carbocycles.